The normalized spacial score (nSPS) is 11.3. The molecule has 1 aromatic heterocycles. The fourth-order valence-electron chi connectivity index (χ4n) is 1.82. The van der Waals surface area contributed by atoms with Crippen LogP contribution in [0.4, 0.5) is 0 Å². The molecular formula is C13H16N2. The number of aryl methyl sites for hydroxylation is 2. The van der Waals surface area contributed by atoms with E-state index in [1.807, 2.05) is 6.92 Å². The second-order valence-corrected chi connectivity index (χ2v) is 4.33. The highest BCUT2D eigenvalue weighted by Crippen LogP contribution is 2.23. The molecule has 0 atom stereocenters. The summed E-state index contributed by atoms with van der Waals surface area (Å²) < 4.78 is 0. The Morgan fingerprint density at radius 3 is 2.47 bits per heavy atom. The fourth-order valence-corrected chi connectivity index (χ4v) is 1.82. The summed E-state index contributed by atoms with van der Waals surface area (Å²) in [5, 5.41) is 1.18. The molecule has 0 aliphatic heterocycles. The number of aromatic nitrogens is 2. The molecule has 0 aliphatic rings. The van der Waals surface area contributed by atoms with Crippen molar-refractivity contribution in [3.05, 3.63) is 35.3 Å². The zero-order valence-electron chi connectivity index (χ0n) is 9.70. The lowest BCUT2D eigenvalue weighted by Gasteiger charge is -2.09. The van der Waals surface area contributed by atoms with Gasteiger partial charge < -0.3 is 0 Å². The third-order valence-electron chi connectivity index (χ3n) is 2.54. The van der Waals surface area contributed by atoms with Gasteiger partial charge in [0.1, 0.15) is 5.82 Å². The molecule has 0 unspecified atom stereocenters. The van der Waals surface area contributed by atoms with E-state index in [9.17, 15) is 0 Å². The van der Waals surface area contributed by atoms with Gasteiger partial charge in [-0.15, -0.1) is 0 Å². The Bertz CT molecular complexity index is 496. The number of fused-ring (bicyclic) bond motifs is 1. The van der Waals surface area contributed by atoms with Crippen molar-refractivity contribution in [1.29, 1.82) is 0 Å². The molecule has 0 aliphatic carbocycles. The van der Waals surface area contributed by atoms with E-state index in [-0.39, 0.29) is 0 Å². The van der Waals surface area contributed by atoms with E-state index in [4.69, 9.17) is 0 Å². The van der Waals surface area contributed by atoms with Gasteiger partial charge in [-0.1, -0.05) is 26.0 Å². The summed E-state index contributed by atoms with van der Waals surface area (Å²) in [6.07, 6.45) is 0. The van der Waals surface area contributed by atoms with E-state index in [2.05, 4.69) is 48.9 Å². The molecule has 2 nitrogen and oxygen atoms in total. The molecule has 0 fully saturated rings. The molecule has 0 saturated heterocycles. The monoisotopic (exact) mass is 200 g/mol. The molecule has 1 heterocycles. The molecule has 0 bridgehead atoms. The number of rotatable bonds is 1. The van der Waals surface area contributed by atoms with Crippen molar-refractivity contribution in [2.75, 3.05) is 0 Å². The van der Waals surface area contributed by atoms with Crippen LogP contribution in [0.1, 0.15) is 36.8 Å². The Morgan fingerprint density at radius 2 is 1.80 bits per heavy atom. The van der Waals surface area contributed by atoms with Crippen LogP contribution in [0.2, 0.25) is 0 Å². The van der Waals surface area contributed by atoms with E-state index in [1.54, 1.807) is 0 Å². The Morgan fingerprint density at radius 1 is 1.07 bits per heavy atom. The number of nitrogens with zero attached hydrogens (tertiary/aromatic N) is 2. The summed E-state index contributed by atoms with van der Waals surface area (Å²) in [6, 6.07) is 6.36. The smallest absolute Gasteiger partial charge is 0.126 e. The van der Waals surface area contributed by atoms with Crippen LogP contribution in [0.5, 0.6) is 0 Å². The van der Waals surface area contributed by atoms with E-state index in [1.165, 1.54) is 10.9 Å². The van der Waals surface area contributed by atoms with Crippen molar-refractivity contribution >= 4 is 10.9 Å². The molecule has 0 spiro atoms. The summed E-state index contributed by atoms with van der Waals surface area (Å²) in [4.78, 5) is 8.99. The van der Waals surface area contributed by atoms with Crippen LogP contribution < -0.4 is 0 Å². The summed E-state index contributed by atoms with van der Waals surface area (Å²) in [5.41, 5.74) is 3.46. The highest BCUT2D eigenvalue weighted by atomic mass is 14.9. The van der Waals surface area contributed by atoms with Gasteiger partial charge in [-0.25, -0.2) is 9.97 Å². The van der Waals surface area contributed by atoms with Gasteiger partial charge in [0.25, 0.3) is 0 Å². The maximum atomic E-state index is 4.52. The first-order valence-corrected chi connectivity index (χ1v) is 5.33. The third-order valence-corrected chi connectivity index (χ3v) is 2.54. The standard InChI is InChI=1S/C13H16N2/c1-8(2)13-11-6-5-9(3)7-12(11)14-10(4)15-13/h5-8H,1-4H3. The minimum absolute atomic E-state index is 0.442. The van der Waals surface area contributed by atoms with E-state index in [0.717, 1.165) is 17.0 Å². The van der Waals surface area contributed by atoms with Crippen molar-refractivity contribution in [3.8, 4) is 0 Å². The molecule has 0 N–H and O–H groups in total. The number of hydrogen-bond donors (Lipinski definition) is 0. The molecule has 0 saturated carbocycles. The van der Waals surface area contributed by atoms with E-state index < -0.39 is 0 Å². The van der Waals surface area contributed by atoms with Crippen molar-refractivity contribution in [2.24, 2.45) is 0 Å². The molecule has 2 aromatic rings. The average molecular weight is 200 g/mol. The zero-order chi connectivity index (χ0) is 11.0. The van der Waals surface area contributed by atoms with Crippen molar-refractivity contribution in [2.45, 2.75) is 33.6 Å². The van der Waals surface area contributed by atoms with Gasteiger partial charge >= 0.3 is 0 Å². The minimum Gasteiger partial charge on any atom is -0.237 e. The lowest BCUT2D eigenvalue weighted by atomic mass is 10.0. The SMILES string of the molecule is Cc1ccc2c(C(C)C)nc(C)nc2c1. The van der Waals surface area contributed by atoms with Gasteiger partial charge in [-0.3, -0.25) is 0 Å². The van der Waals surface area contributed by atoms with E-state index in [0.29, 0.717) is 5.92 Å². The van der Waals surface area contributed by atoms with Crippen LogP contribution in [-0.4, -0.2) is 9.97 Å². The average Bonchev–Trinajstić information content (AvgIpc) is 2.15. The molecule has 78 valence electrons. The maximum Gasteiger partial charge on any atom is 0.126 e. The summed E-state index contributed by atoms with van der Waals surface area (Å²) in [5.74, 6) is 1.30. The van der Waals surface area contributed by atoms with Gasteiger partial charge in [0.15, 0.2) is 0 Å². The molecule has 15 heavy (non-hydrogen) atoms. The fraction of sp³-hybridized carbons (Fsp3) is 0.385. The Balaban J connectivity index is 2.80. The maximum absolute atomic E-state index is 4.52. The van der Waals surface area contributed by atoms with Crippen LogP contribution >= 0.6 is 0 Å². The van der Waals surface area contributed by atoms with Crippen molar-refractivity contribution < 1.29 is 0 Å². The molecule has 2 rings (SSSR count). The predicted molar refractivity (Wildman–Crippen MR) is 63.1 cm³/mol. The first-order chi connectivity index (χ1) is 7.08. The quantitative estimate of drug-likeness (QED) is 0.705. The second kappa shape index (κ2) is 3.61. The topological polar surface area (TPSA) is 25.8 Å². The molecule has 1 aromatic carbocycles. The predicted octanol–water partition coefficient (Wildman–Crippen LogP) is 3.37. The number of hydrogen-bond acceptors (Lipinski definition) is 2. The van der Waals surface area contributed by atoms with Gasteiger partial charge in [-0.05, 0) is 31.4 Å². The van der Waals surface area contributed by atoms with Crippen molar-refractivity contribution in [3.63, 3.8) is 0 Å². The van der Waals surface area contributed by atoms with Gasteiger partial charge in [0, 0.05) is 5.39 Å². The van der Waals surface area contributed by atoms with Crippen LogP contribution in [0.25, 0.3) is 10.9 Å². The molecular weight excluding hydrogens is 184 g/mol. The third kappa shape index (κ3) is 1.84. The lowest BCUT2D eigenvalue weighted by Crippen LogP contribution is -1.99. The van der Waals surface area contributed by atoms with Crippen LogP contribution in [0.15, 0.2) is 18.2 Å². The summed E-state index contributed by atoms with van der Waals surface area (Å²) in [6.45, 7) is 8.38. The minimum atomic E-state index is 0.442. The first-order valence-electron chi connectivity index (χ1n) is 5.33. The summed E-state index contributed by atoms with van der Waals surface area (Å²) in [7, 11) is 0. The number of benzene rings is 1. The van der Waals surface area contributed by atoms with Crippen LogP contribution in [0, 0.1) is 13.8 Å². The second-order valence-electron chi connectivity index (χ2n) is 4.33. The molecule has 0 amide bonds. The lowest BCUT2D eigenvalue weighted by molar-refractivity contribution is 0.817. The Hall–Kier alpha value is -1.44. The Kier molecular flexibility index (Phi) is 2.43. The zero-order valence-corrected chi connectivity index (χ0v) is 9.70. The van der Waals surface area contributed by atoms with Crippen molar-refractivity contribution in [1.82, 2.24) is 9.97 Å². The van der Waals surface area contributed by atoms with Gasteiger partial charge in [0.05, 0.1) is 11.2 Å². The molecule has 2 heteroatoms. The van der Waals surface area contributed by atoms with Crippen LogP contribution in [0.3, 0.4) is 0 Å². The Labute approximate surface area is 90.4 Å². The first kappa shape index (κ1) is 10.1. The summed E-state index contributed by atoms with van der Waals surface area (Å²) >= 11 is 0. The van der Waals surface area contributed by atoms with Gasteiger partial charge in [0.2, 0.25) is 0 Å². The van der Waals surface area contributed by atoms with Crippen LogP contribution in [-0.2, 0) is 0 Å². The van der Waals surface area contributed by atoms with E-state index >= 15 is 0 Å². The molecule has 0 radical (unpaired) electrons. The largest absolute Gasteiger partial charge is 0.237 e. The highest BCUT2D eigenvalue weighted by molar-refractivity contribution is 5.82. The van der Waals surface area contributed by atoms with Gasteiger partial charge in [-0.2, -0.15) is 0 Å². The highest BCUT2D eigenvalue weighted by Gasteiger charge is 2.08.